The molecule has 2 aliphatic rings. The molecule has 1 saturated heterocycles. The Bertz CT molecular complexity index is 355. The normalized spacial score (nSPS) is 30.8. The van der Waals surface area contributed by atoms with Crippen molar-refractivity contribution in [2.24, 2.45) is 11.8 Å². The zero-order chi connectivity index (χ0) is 14.4. The third kappa shape index (κ3) is 3.73. The van der Waals surface area contributed by atoms with Crippen LogP contribution >= 0.6 is 0 Å². The summed E-state index contributed by atoms with van der Waals surface area (Å²) in [4.78, 5) is 14.4. The number of amides is 1. The minimum absolute atomic E-state index is 0.168. The Morgan fingerprint density at radius 3 is 2.75 bits per heavy atom. The molecule has 0 bridgehead atoms. The molecule has 1 amide bonds. The molecule has 1 unspecified atom stereocenters. The van der Waals surface area contributed by atoms with Gasteiger partial charge in [0, 0.05) is 25.6 Å². The first-order valence-electron chi connectivity index (χ1n) is 8.17. The highest BCUT2D eigenvalue weighted by Crippen LogP contribution is 2.33. The van der Waals surface area contributed by atoms with Crippen molar-refractivity contribution in [2.45, 2.75) is 57.9 Å². The first-order chi connectivity index (χ1) is 9.76. The topological polar surface area (TPSA) is 56.1 Å². The van der Waals surface area contributed by atoms with Gasteiger partial charge in [-0.15, -0.1) is 0 Å². The van der Waals surface area contributed by atoms with Crippen LogP contribution in [0.2, 0.25) is 0 Å². The molecule has 1 aliphatic heterocycles. The van der Waals surface area contributed by atoms with E-state index < -0.39 is 0 Å². The van der Waals surface area contributed by atoms with Crippen molar-refractivity contribution in [3.05, 3.63) is 0 Å². The second-order valence-electron chi connectivity index (χ2n) is 6.24. The lowest BCUT2D eigenvalue weighted by Gasteiger charge is -2.36. The van der Waals surface area contributed by atoms with E-state index in [1.807, 2.05) is 4.90 Å². The Hall–Kier alpha value is -1.08. The molecule has 1 heterocycles. The molecule has 0 spiro atoms. The summed E-state index contributed by atoms with van der Waals surface area (Å²) in [6, 6.07) is 1.98. The van der Waals surface area contributed by atoms with Crippen LogP contribution in [-0.4, -0.2) is 36.5 Å². The number of rotatable bonds is 4. The molecule has 0 radical (unpaired) electrons. The lowest BCUT2D eigenvalue weighted by atomic mass is 9.79. The smallest absolute Gasteiger partial charge is 0.226 e. The van der Waals surface area contributed by atoms with Crippen LogP contribution in [0.3, 0.4) is 0 Å². The summed E-state index contributed by atoms with van der Waals surface area (Å²) in [5, 5.41) is 12.4. The third-order valence-corrected chi connectivity index (χ3v) is 4.84. The van der Waals surface area contributed by atoms with E-state index in [1.54, 1.807) is 0 Å². The molecule has 1 aliphatic carbocycles. The summed E-state index contributed by atoms with van der Waals surface area (Å²) in [5.74, 6) is 1.22. The van der Waals surface area contributed by atoms with E-state index in [0.717, 1.165) is 25.3 Å². The molecular weight excluding hydrogens is 250 g/mol. The molecule has 0 aromatic carbocycles. The van der Waals surface area contributed by atoms with Gasteiger partial charge in [-0.2, -0.15) is 5.26 Å². The lowest BCUT2D eigenvalue weighted by molar-refractivity contribution is -0.138. The Kier molecular flexibility index (Phi) is 5.85. The van der Waals surface area contributed by atoms with Gasteiger partial charge in [-0.3, -0.25) is 4.79 Å². The number of unbranched alkanes of at least 4 members (excludes halogenated alkanes) is 1. The fraction of sp³-hybridized carbons (Fsp3) is 0.875. The molecule has 2 fully saturated rings. The van der Waals surface area contributed by atoms with Crippen LogP contribution < -0.4 is 5.32 Å². The Morgan fingerprint density at radius 1 is 1.35 bits per heavy atom. The summed E-state index contributed by atoms with van der Waals surface area (Å²) in [6.07, 6.45) is 8.34. The second-order valence-corrected chi connectivity index (χ2v) is 6.24. The summed E-state index contributed by atoms with van der Waals surface area (Å²) < 4.78 is 0. The molecule has 2 rings (SSSR count). The molecule has 0 aromatic rings. The average Bonchev–Trinajstić information content (AvgIpc) is 2.52. The van der Waals surface area contributed by atoms with Crippen LogP contribution in [0.15, 0.2) is 0 Å². The maximum absolute atomic E-state index is 12.6. The highest BCUT2D eigenvalue weighted by atomic mass is 16.2. The fourth-order valence-corrected chi connectivity index (χ4v) is 3.51. The molecule has 4 nitrogen and oxygen atoms in total. The van der Waals surface area contributed by atoms with Crippen molar-refractivity contribution in [3.63, 3.8) is 0 Å². The molecule has 112 valence electrons. The molecule has 1 saturated carbocycles. The standard InChI is InChI=1S/C16H27N3O/c1-2-3-4-13-5-7-14(8-6-13)16(20)19-10-9-18-12-15(19)11-17/h13-15,18H,2-10,12H2,1H3. The molecule has 20 heavy (non-hydrogen) atoms. The number of hydrogen-bond donors (Lipinski definition) is 1. The monoisotopic (exact) mass is 277 g/mol. The first-order valence-corrected chi connectivity index (χ1v) is 8.17. The Labute approximate surface area is 122 Å². The predicted octanol–water partition coefficient (Wildman–Crippen LogP) is 2.31. The van der Waals surface area contributed by atoms with Gasteiger partial charge < -0.3 is 10.2 Å². The van der Waals surface area contributed by atoms with E-state index >= 15 is 0 Å². The van der Waals surface area contributed by atoms with Crippen LogP contribution in [0.25, 0.3) is 0 Å². The third-order valence-electron chi connectivity index (χ3n) is 4.84. The zero-order valence-corrected chi connectivity index (χ0v) is 12.6. The molecule has 1 atom stereocenters. The van der Waals surface area contributed by atoms with Gasteiger partial charge in [-0.05, 0) is 31.6 Å². The fourth-order valence-electron chi connectivity index (χ4n) is 3.51. The maximum Gasteiger partial charge on any atom is 0.226 e. The lowest BCUT2D eigenvalue weighted by Crippen LogP contribution is -2.54. The number of nitriles is 1. The minimum Gasteiger partial charge on any atom is -0.324 e. The van der Waals surface area contributed by atoms with Gasteiger partial charge in [0.1, 0.15) is 6.04 Å². The summed E-state index contributed by atoms with van der Waals surface area (Å²) in [7, 11) is 0. The summed E-state index contributed by atoms with van der Waals surface area (Å²) >= 11 is 0. The summed E-state index contributed by atoms with van der Waals surface area (Å²) in [5.41, 5.74) is 0. The van der Waals surface area contributed by atoms with Crippen molar-refractivity contribution in [1.82, 2.24) is 10.2 Å². The number of nitrogens with zero attached hydrogens (tertiary/aromatic N) is 2. The quantitative estimate of drug-likeness (QED) is 0.858. The van der Waals surface area contributed by atoms with E-state index in [2.05, 4.69) is 18.3 Å². The van der Waals surface area contributed by atoms with Crippen LogP contribution in [0.1, 0.15) is 51.9 Å². The van der Waals surface area contributed by atoms with Crippen LogP contribution in [0, 0.1) is 23.2 Å². The Balaban J connectivity index is 1.83. The van der Waals surface area contributed by atoms with Crippen LogP contribution in [-0.2, 0) is 4.79 Å². The van der Waals surface area contributed by atoms with Crippen molar-refractivity contribution in [3.8, 4) is 6.07 Å². The average molecular weight is 277 g/mol. The number of nitrogens with one attached hydrogen (secondary N) is 1. The molecule has 4 heteroatoms. The van der Waals surface area contributed by atoms with Crippen LogP contribution in [0.5, 0.6) is 0 Å². The summed E-state index contributed by atoms with van der Waals surface area (Å²) in [6.45, 7) is 4.36. The van der Waals surface area contributed by atoms with Gasteiger partial charge in [-0.1, -0.05) is 26.2 Å². The van der Waals surface area contributed by atoms with E-state index in [-0.39, 0.29) is 17.9 Å². The zero-order valence-electron chi connectivity index (χ0n) is 12.6. The number of carbonyl (C=O) groups is 1. The molecule has 0 aromatic heterocycles. The number of piperazine rings is 1. The van der Waals surface area contributed by atoms with Gasteiger partial charge in [0.25, 0.3) is 0 Å². The van der Waals surface area contributed by atoms with E-state index in [9.17, 15) is 4.79 Å². The second kappa shape index (κ2) is 7.64. The van der Waals surface area contributed by atoms with Crippen LogP contribution in [0.4, 0.5) is 0 Å². The molecular formula is C16H27N3O. The van der Waals surface area contributed by atoms with E-state index in [4.69, 9.17) is 5.26 Å². The first kappa shape index (κ1) is 15.3. The Morgan fingerprint density at radius 2 is 2.10 bits per heavy atom. The van der Waals surface area contributed by atoms with Gasteiger partial charge in [0.2, 0.25) is 5.91 Å². The SMILES string of the molecule is CCCCC1CCC(C(=O)N2CCNCC2C#N)CC1. The van der Waals surface area contributed by atoms with Crippen molar-refractivity contribution in [1.29, 1.82) is 5.26 Å². The van der Waals surface area contributed by atoms with Crippen molar-refractivity contribution < 1.29 is 4.79 Å². The van der Waals surface area contributed by atoms with Gasteiger partial charge in [-0.25, -0.2) is 0 Å². The predicted molar refractivity (Wildman–Crippen MR) is 79.0 cm³/mol. The minimum atomic E-state index is -0.269. The molecule has 1 N–H and O–H groups in total. The van der Waals surface area contributed by atoms with Crippen molar-refractivity contribution >= 4 is 5.91 Å². The van der Waals surface area contributed by atoms with Crippen molar-refractivity contribution in [2.75, 3.05) is 19.6 Å². The number of carbonyl (C=O) groups excluding carboxylic acids is 1. The highest BCUT2D eigenvalue weighted by Gasteiger charge is 2.33. The van der Waals surface area contributed by atoms with Gasteiger partial charge >= 0.3 is 0 Å². The van der Waals surface area contributed by atoms with E-state index in [0.29, 0.717) is 13.1 Å². The highest BCUT2D eigenvalue weighted by molar-refractivity contribution is 5.79. The largest absolute Gasteiger partial charge is 0.324 e. The van der Waals surface area contributed by atoms with Gasteiger partial charge in [0.05, 0.1) is 6.07 Å². The van der Waals surface area contributed by atoms with Gasteiger partial charge in [0.15, 0.2) is 0 Å². The maximum atomic E-state index is 12.6. The number of hydrogen-bond acceptors (Lipinski definition) is 3. The van der Waals surface area contributed by atoms with E-state index in [1.165, 1.54) is 32.1 Å².